The molecule has 0 atom stereocenters. The second kappa shape index (κ2) is 3.79. The minimum atomic E-state index is -0.994. The zero-order valence-electron chi connectivity index (χ0n) is 8.27. The topological polar surface area (TPSA) is 66.3 Å². The molecule has 80 valence electrons. The van der Waals surface area contributed by atoms with E-state index in [4.69, 9.17) is 5.11 Å². The predicted octanol–water partition coefficient (Wildman–Crippen LogP) is 0.550. The Labute approximate surface area is 92.6 Å². The summed E-state index contributed by atoms with van der Waals surface area (Å²) in [7, 11) is 1.92. The Hall–Kier alpha value is -1.14. The quantitative estimate of drug-likeness (QED) is 0.719. The van der Waals surface area contributed by atoms with Crippen molar-refractivity contribution in [3.05, 3.63) is 22.8 Å². The average molecular weight is 225 g/mol. The number of aromatic nitrogens is 2. The molecule has 0 saturated carbocycles. The summed E-state index contributed by atoms with van der Waals surface area (Å²) >= 11 is 4.06. The molecule has 2 heterocycles. The minimum Gasteiger partial charge on any atom is -0.476 e. The minimum absolute atomic E-state index is 0.119. The van der Waals surface area contributed by atoms with Crippen LogP contribution in [0.1, 0.15) is 27.6 Å². The van der Waals surface area contributed by atoms with Gasteiger partial charge in [-0.3, -0.25) is 4.90 Å². The highest BCUT2D eigenvalue weighted by molar-refractivity contribution is 7.79. The second-order valence-electron chi connectivity index (χ2n) is 3.55. The summed E-state index contributed by atoms with van der Waals surface area (Å²) in [5, 5.41) is 9.02. The molecule has 0 fully saturated rings. The highest BCUT2D eigenvalue weighted by Crippen LogP contribution is 2.22. The molecular formula is C9H11N3O2S. The van der Waals surface area contributed by atoms with Crippen molar-refractivity contribution < 1.29 is 9.90 Å². The number of rotatable bonds is 2. The molecule has 1 aliphatic rings. The van der Waals surface area contributed by atoms with E-state index in [0.717, 1.165) is 11.3 Å². The largest absolute Gasteiger partial charge is 0.476 e. The number of carboxylic acid groups (broad SMARTS) is 1. The zero-order valence-corrected chi connectivity index (χ0v) is 9.16. The third-order valence-corrected chi connectivity index (χ3v) is 2.61. The van der Waals surface area contributed by atoms with Gasteiger partial charge in [-0.05, 0) is 7.05 Å². The van der Waals surface area contributed by atoms with Gasteiger partial charge in [-0.15, -0.1) is 0 Å². The van der Waals surface area contributed by atoms with Crippen LogP contribution in [-0.2, 0) is 18.8 Å². The standard InChI is InChI=1S/C9H11N3O2S/c1-12-2-5-6(3-12)10-7(4-15)11-8(5)9(13)14/h15H,2-4H2,1H3,(H,13,14). The number of nitrogens with zero attached hydrogens (tertiary/aromatic N) is 3. The molecule has 1 N–H and O–H groups in total. The SMILES string of the molecule is CN1Cc2nc(CS)nc(C(=O)O)c2C1. The van der Waals surface area contributed by atoms with Gasteiger partial charge in [0.05, 0.1) is 11.4 Å². The van der Waals surface area contributed by atoms with Crippen LogP contribution in [0.25, 0.3) is 0 Å². The van der Waals surface area contributed by atoms with Crippen molar-refractivity contribution in [2.24, 2.45) is 0 Å². The monoisotopic (exact) mass is 225 g/mol. The van der Waals surface area contributed by atoms with Crippen LogP contribution < -0.4 is 0 Å². The number of hydrogen-bond acceptors (Lipinski definition) is 5. The number of carboxylic acids is 1. The lowest BCUT2D eigenvalue weighted by molar-refractivity contribution is 0.0688. The second-order valence-corrected chi connectivity index (χ2v) is 3.87. The van der Waals surface area contributed by atoms with E-state index in [1.807, 2.05) is 11.9 Å². The average Bonchev–Trinajstić information content (AvgIpc) is 2.55. The summed E-state index contributed by atoms with van der Waals surface area (Å²) < 4.78 is 0. The van der Waals surface area contributed by atoms with E-state index >= 15 is 0 Å². The van der Waals surface area contributed by atoms with Crippen molar-refractivity contribution in [1.29, 1.82) is 0 Å². The van der Waals surface area contributed by atoms with Crippen molar-refractivity contribution in [1.82, 2.24) is 14.9 Å². The van der Waals surface area contributed by atoms with Crippen LogP contribution >= 0.6 is 12.6 Å². The maximum absolute atomic E-state index is 11.0. The Bertz CT molecular complexity index is 422. The fourth-order valence-electron chi connectivity index (χ4n) is 1.71. The van der Waals surface area contributed by atoms with E-state index in [1.54, 1.807) is 0 Å². The first-order valence-corrected chi connectivity index (χ1v) is 5.16. The lowest BCUT2D eigenvalue weighted by atomic mass is 10.2. The van der Waals surface area contributed by atoms with Crippen LogP contribution in [0.2, 0.25) is 0 Å². The molecule has 1 aromatic heterocycles. The van der Waals surface area contributed by atoms with E-state index in [0.29, 0.717) is 24.7 Å². The third-order valence-electron chi connectivity index (χ3n) is 2.33. The van der Waals surface area contributed by atoms with Gasteiger partial charge in [0.1, 0.15) is 5.82 Å². The Morgan fingerprint density at radius 2 is 2.27 bits per heavy atom. The van der Waals surface area contributed by atoms with Gasteiger partial charge in [0, 0.05) is 18.7 Å². The Kier molecular flexibility index (Phi) is 2.62. The number of aromatic carboxylic acids is 1. The molecule has 0 saturated heterocycles. The molecule has 5 nitrogen and oxygen atoms in total. The van der Waals surface area contributed by atoms with Crippen LogP contribution in [-0.4, -0.2) is 33.0 Å². The Morgan fingerprint density at radius 3 is 2.87 bits per heavy atom. The summed E-state index contributed by atoms with van der Waals surface area (Å²) in [6.07, 6.45) is 0. The highest BCUT2D eigenvalue weighted by Gasteiger charge is 2.25. The number of hydrogen-bond donors (Lipinski definition) is 2. The van der Waals surface area contributed by atoms with Gasteiger partial charge in [0.15, 0.2) is 5.69 Å². The maximum Gasteiger partial charge on any atom is 0.354 e. The number of fused-ring (bicyclic) bond motifs is 1. The molecule has 6 heteroatoms. The molecule has 0 amide bonds. The van der Waals surface area contributed by atoms with Crippen molar-refractivity contribution in [3.63, 3.8) is 0 Å². The molecule has 0 spiro atoms. The summed E-state index contributed by atoms with van der Waals surface area (Å²) in [6, 6.07) is 0. The van der Waals surface area contributed by atoms with E-state index < -0.39 is 5.97 Å². The summed E-state index contributed by atoms with van der Waals surface area (Å²) in [5.74, 6) is -0.158. The molecule has 2 rings (SSSR count). The first kappa shape index (κ1) is 10.4. The van der Waals surface area contributed by atoms with E-state index in [2.05, 4.69) is 22.6 Å². The van der Waals surface area contributed by atoms with Crippen molar-refractivity contribution >= 4 is 18.6 Å². The van der Waals surface area contributed by atoms with E-state index in [9.17, 15) is 4.79 Å². The lowest BCUT2D eigenvalue weighted by Crippen LogP contribution is -2.11. The van der Waals surface area contributed by atoms with Gasteiger partial charge >= 0.3 is 5.97 Å². The first-order chi connectivity index (χ1) is 7.11. The number of carbonyl (C=O) groups is 1. The van der Waals surface area contributed by atoms with Crippen LogP contribution in [0.4, 0.5) is 0 Å². The zero-order chi connectivity index (χ0) is 11.0. The van der Waals surface area contributed by atoms with Crippen molar-refractivity contribution in [3.8, 4) is 0 Å². The summed E-state index contributed by atoms with van der Waals surface area (Å²) in [6.45, 7) is 1.28. The van der Waals surface area contributed by atoms with Crippen LogP contribution in [0, 0.1) is 0 Å². The molecule has 1 aliphatic heterocycles. The molecule has 0 aliphatic carbocycles. The van der Waals surface area contributed by atoms with Gasteiger partial charge in [-0.25, -0.2) is 14.8 Å². The summed E-state index contributed by atoms with van der Waals surface area (Å²) in [5.41, 5.74) is 1.66. The van der Waals surface area contributed by atoms with Gasteiger partial charge in [-0.2, -0.15) is 12.6 Å². The number of thiol groups is 1. The van der Waals surface area contributed by atoms with Gasteiger partial charge in [0.2, 0.25) is 0 Å². The first-order valence-electron chi connectivity index (χ1n) is 4.53. The summed E-state index contributed by atoms with van der Waals surface area (Å²) in [4.78, 5) is 21.3. The van der Waals surface area contributed by atoms with Gasteiger partial charge < -0.3 is 5.11 Å². The maximum atomic E-state index is 11.0. The fraction of sp³-hybridized carbons (Fsp3) is 0.444. The normalized spacial score (nSPS) is 15.3. The third kappa shape index (κ3) is 1.82. The molecule has 15 heavy (non-hydrogen) atoms. The van der Waals surface area contributed by atoms with Crippen LogP contribution in [0.15, 0.2) is 0 Å². The Morgan fingerprint density at radius 1 is 1.53 bits per heavy atom. The van der Waals surface area contributed by atoms with Crippen LogP contribution in [0.3, 0.4) is 0 Å². The molecule has 0 radical (unpaired) electrons. The van der Waals surface area contributed by atoms with E-state index in [-0.39, 0.29) is 5.69 Å². The molecule has 1 aromatic rings. The predicted molar refractivity (Wildman–Crippen MR) is 56.9 cm³/mol. The van der Waals surface area contributed by atoms with Crippen molar-refractivity contribution in [2.45, 2.75) is 18.8 Å². The fourth-order valence-corrected chi connectivity index (χ4v) is 1.85. The molecule has 0 bridgehead atoms. The van der Waals surface area contributed by atoms with Crippen molar-refractivity contribution in [2.75, 3.05) is 7.05 Å². The smallest absolute Gasteiger partial charge is 0.354 e. The Balaban J connectivity index is 2.55. The van der Waals surface area contributed by atoms with Gasteiger partial charge in [-0.1, -0.05) is 0 Å². The van der Waals surface area contributed by atoms with E-state index in [1.165, 1.54) is 0 Å². The molecule has 0 aromatic carbocycles. The highest BCUT2D eigenvalue weighted by atomic mass is 32.1. The van der Waals surface area contributed by atoms with Crippen LogP contribution in [0.5, 0.6) is 0 Å². The lowest BCUT2D eigenvalue weighted by Gasteiger charge is -2.04. The van der Waals surface area contributed by atoms with Gasteiger partial charge in [0.25, 0.3) is 0 Å². The molecule has 0 unspecified atom stereocenters. The molecular weight excluding hydrogens is 214 g/mol.